The van der Waals surface area contributed by atoms with Crippen LogP contribution >= 0.6 is 0 Å². The molecule has 0 amide bonds. The lowest BCUT2D eigenvalue weighted by molar-refractivity contribution is 0.478. The summed E-state index contributed by atoms with van der Waals surface area (Å²) in [5.41, 5.74) is 10.2. The van der Waals surface area contributed by atoms with Crippen LogP contribution in [0.4, 0.5) is 0 Å². The highest BCUT2D eigenvalue weighted by molar-refractivity contribution is 6.04. The number of nitrogens with zero attached hydrogens (tertiary/aromatic N) is 6. The van der Waals surface area contributed by atoms with Crippen LogP contribution in [0, 0.1) is 0 Å². The number of rotatable bonds is 11. The highest BCUT2D eigenvalue weighted by Gasteiger charge is 2.23. The van der Waals surface area contributed by atoms with Crippen LogP contribution in [0.25, 0.3) is 99.8 Å². The van der Waals surface area contributed by atoms with Crippen molar-refractivity contribution in [2.75, 3.05) is 0 Å². The molecule has 0 saturated carbocycles. The molecule has 0 aliphatic carbocycles. The Morgan fingerprint density at radius 3 is 1.19 bits per heavy atom. The highest BCUT2D eigenvalue weighted by atomic mass is 16.3. The summed E-state index contributed by atoms with van der Waals surface area (Å²) in [6.07, 6.45) is 8.83. The van der Waals surface area contributed by atoms with Crippen LogP contribution in [0.5, 0.6) is 11.5 Å². The van der Waals surface area contributed by atoms with Crippen LogP contribution in [0.2, 0.25) is 0 Å². The summed E-state index contributed by atoms with van der Waals surface area (Å²) in [6.45, 7) is 4.37. The molecule has 0 aliphatic rings. The molecular formula is C54H44N6O2. The Bertz CT molecular complexity index is 3100. The lowest BCUT2D eigenvalue weighted by Gasteiger charge is -2.18. The van der Waals surface area contributed by atoms with E-state index >= 15 is 0 Å². The Kier molecular flexibility index (Phi) is 10.3. The molecule has 4 aromatic heterocycles. The molecule has 0 radical (unpaired) electrons. The second-order valence-electron chi connectivity index (χ2n) is 15.9. The van der Waals surface area contributed by atoms with Crippen molar-refractivity contribution < 1.29 is 10.2 Å². The maximum atomic E-state index is 12.4. The minimum atomic E-state index is 0.106. The number of unbranched alkanes of at least 4 members (excludes halogenated alkanes) is 2. The minimum absolute atomic E-state index is 0.106. The molecule has 10 aromatic rings. The molecule has 0 unspecified atom stereocenters. The van der Waals surface area contributed by atoms with Gasteiger partial charge in [0.2, 0.25) is 0 Å². The van der Waals surface area contributed by atoms with Gasteiger partial charge in [0.15, 0.2) is 0 Å². The highest BCUT2D eigenvalue weighted by Crippen LogP contribution is 2.45. The third-order valence-electron chi connectivity index (χ3n) is 11.8. The monoisotopic (exact) mass is 808 g/mol. The molecule has 0 saturated heterocycles. The van der Waals surface area contributed by atoms with E-state index in [0.717, 1.165) is 93.0 Å². The van der Waals surface area contributed by atoms with Gasteiger partial charge < -0.3 is 10.2 Å². The lowest BCUT2D eigenvalue weighted by Crippen LogP contribution is -1.99. The molecule has 4 heterocycles. The van der Waals surface area contributed by atoms with Crippen LogP contribution in [0.1, 0.15) is 50.7 Å². The summed E-state index contributed by atoms with van der Waals surface area (Å²) in [7, 11) is 0. The van der Waals surface area contributed by atoms with E-state index in [1.807, 2.05) is 72.8 Å². The third kappa shape index (κ3) is 7.03. The summed E-state index contributed by atoms with van der Waals surface area (Å²) in [5, 5.41) is 30.3. The average Bonchev–Trinajstić information content (AvgIpc) is 3.32. The molecule has 0 atom stereocenters. The number of aryl methyl sites for hydroxylation is 2. The first-order valence-electron chi connectivity index (χ1n) is 21.4. The van der Waals surface area contributed by atoms with Crippen molar-refractivity contribution in [3.8, 4) is 67.9 Å². The topological polar surface area (TPSA) is 118 Å². The number of hydrogen-bond donors (Lipinski definition) is 2. The number of phenolic OH excluding ortho intramolecular Hbond substituents is 2. The number of pyridine rings is 2. The second-order valence-corrected chi connectivity index (χ2v) is 15.9. The number of phenols is 2. The van der Waals surface area contributed by atoms with Gasteiger partial charge in [-0.15, -0.1) is 0 Å². The summed E-state index contributed by atoms with van der Waals surface area (Å²) in [5.74, 6) is 0.212. The summed E-state index contributed by atoms with van der Waals surface area (Å²) < 4.78 is 0. The van der Waals surface area contributed by atoms with E-state index in [-0.39, 0.29) is 11.5 Å². The summed E-state index contributed by atoms with van der Waals surface area (Å²) in [6, 6.07) is 44.5. The predicted octanol–water partition coefficient (Wildman–Crippen LogP) is 13.1. The van der Waals surface area contributed by atoms with E-state index in [2.05, 4.69) is 84.5 Å². The molecule has 2 N–H and O–H groups in total. The molecular weight excluding hydrogens is 765 g/mol. The first-order chi connectivity index (χ1) is 30.5. The number of aromatic nitrogens is 6. The van der Waals surface area contributed by atoms with Gasteiger partial charge in [-0.3, -0.25) is 0 Å². The molecule has 8 nitrogen and oxygen atoms in total. The van der Waals surface area contributed by atoms with Gasteiger partial charge in [-0.1, -0.05) is 112 Å². The van der Waals surface area contributed by atoms with Crippen molar-refractivity contribution >= 4 is 43.4 Å². The summed E-state index contributed by atoms with van der Waals surface area (Å²) in [4.78, 5) is 29.3. The maximum Gasteiger partial charge on any atom is 0.134 e. The zero-order valence-electron chi connectivity index (χ0n) is 34.7. The zero-order chi connectivity index (χ0) is 42.2. The van der Waals surface area contributed by atoms with E-state index < -0.39 is 0 Å². The average molecular weight is 809 g/mol. The van der Waals surface area contributed by atoms with E-state index in [1.165, 1.54) is 0 Å². The zero-order valence-corrected chi connectivity index (χ0v) is 34.7. The number of benzene rings is 6. The van der Waals surface area contributed by atoms with Crippen LogP contribution < -0.4 is 0 Å². The van der Waals surface area contributed by atoms with Gasteiger partial charge in [0.25, 0.3) is 0 Å². The smallest absolute Gasteiger partial charge is 0.134 e. The van der Waals surface area contributed by atoms with Crippen LogP contribution in [-0.2, 0) is 12.8 Å². The Labute approximate surface area is 359 Å². The van der Waals surface area contributed by atoms with Gasteiger partial charge in [0.05, 0.1) is 45.2 Å². The van der Waals surface area contributed by atoms with Gasteiger partial charge in [-0.05, 0) is 96.1 Å². The number of fused-ring (bicyclic) bond motifs is 4. The lowest BCUT2D eigenvalue weighted by atomic mass is 9.92. The Morgan fingerprint density at radius 1 is 0.403 bits per heavy atom. The SMILES string of the molecule is CCCCc1cc(-c2nc(-c3cc4ccccc4c(-c4cc(CCCC)cc(-c5ncnc6ccccc56)c4O)n3)cc3ccccc23)c(O)c(-c2ncnc3ccccc23)c1. The van der Waals surface area contributed by atoms with Gasteiger partial charge in [-0.2, -0.15) is 0 Å². The van der Waals surface area contributed by atoms with Crippen molar-refractivity contribution in [2.24, 2.45) is 0 Å². The van der Waals surface area contributed by atoms with Gasteiger partial charge in [-0.25, -0.2) is 29.9 Å². The largest absolute Gasteiger partial charge is 0.507 e. The number of para-hydroxylation sites is 2. The Morgan fingerprint density at radius 2 is 0.774 bits per heavy atom. The molecule has 62 heavy (non-hydrogen) atoms. The van der Waals surface area contributed by atoms with E-state index in [0.29, 0.717) is 56.4 Å². The predicted molar refractivity (Wildman–Crippen MR) is 251 cm³/mol. The van der Waals surface area contributed by atoms with Crippen molar-refractivity contribution in [3.63, 3.8) is 0 Å². The normalized spacial score (nSPS) is 11.6. The van der Waals surface area contributed by atoms with Crippen LogP contribution in [0.15, 0.2) is 146 Å². The third-order valence-corrected chi connectivity index (χ3v) is 11.8. The first kappa shape index (κ1) is 38.6. The molecule has 302 valence electrons. The second kappa shape index (κ2) is 16.5. The van der Waals surface area contributed by atoms with Crippen molar-refractivity contribution in [2.45, 2.75) is 52.4 Å². The summed E-state index contributed by atoms with van der Waals surface area (Å²) >= 11 is 0. The number of hydrogen-bond acceptors (Lipinski definition) is 8. The van der Waals surface area contributed by atoms with E-state index in [9.17, 15) is 10.2 Å². The van der Waals surface area contributed by atoms with Crippen LogP contribution in [0.3, 0.4) is 0 Å². The molecule has 0 spiro atoms. The quantitative estimate of drug-likeness (QED) is 0.133. The Hall–Kier alpha value is -7.58. The molecule has 10 rings (SSSR count). The molecule has 0 bridgehead atoms. The van der Waals surface area contributed by atoms with Crippen molar-refractivity contribution in [1.29, 1.82) is 0 Å². The van der Waals surface area contributed by atoms with Crippen molar-refractivity contribution in [3.05, 3.63) is 157 Å². The fraction of sp³-hybridized carbons (Fsp3) is 0.148. The molecule has 0 fully saturated rings. The standard InChI is InChI=1S/C54H44N6O2/c1-3-5-15-33-25-41(49-39-21-11-13-23-45(39)55-31-57-49)53(61)43(27-33)51-37-19-9-7-17-35(37)29-47(59-51)48-30-36-18-8-10-20-38(36)52(60-48)44-28-34(16-6-4-2)26-42(54(44)62)50-40-22-12-14-24-46(40)56-32-58-50/h7-14,17-32,61-62H,3-6,15-16H2,1-2H3. The van der Waals surface area contributed by atoms with E-state index in [1.54, 1.807) is 12.7 Å². The van der Waals surface area contributed by atoms with E-state index in [4.69, 9.17) is 19.9 Å². The van der Waals surface area contributed by atoms with Gasteiger partial charge in [0, 0.05) is 43.8 Å². The minimum Gasteiger partial charge on any atom is -0.507 e. The fourth-order valence-electron chi connectivity index (χ4n) is 8.67. The fourth-order valence-corrected chi connectivity index (χ4v) is 8.67. The molecule has 6 aromatic carbocycles. The number of aromatic hydroxyl groups is 2. The van der Waals surface area contributed by atoms with Gasteiger partial charge in [0.1, 0.15) is 24.2 Å². The first-order valence-corrected chi connectivity index (χ1v) is 21.4. The maximum absolute atomic E-state index is 12.4. The molecule has 8 heteroatoms. The molecule has 0 aliphatic heterocycles. The van der Waals surface area contributed by atoms with Gasteiger partial charge >= 0.3 is 0 Å². The Balaban J connectivity index is 1.20. The van der Waals surface area contributed by atoms with Crippen molar-refractivity contribution in [1.82, 2.24) is 29.9 Å². The van der Waals surface area contributed by atoms with Crippen LogP contribution in [-0.4, -0.2) is 40.1 Å².